The minimum absolute atomic E-state index is 0.146. The highest BCUT2D eigenvalue weighted by atomic mass is 16.1. The van der Waals surface area contributed by atoms with E-state index < -0.39 is 5.91 Å². The van der Waals surface area contributed by atoms with E-state index in [1.165, 1.54) is 24.5 Å². The van der Waals surface area contributed by atoms with Gasteiger partial charge in [-0.3, -0.25) is 9.89 Å². The minimum atomic E-state index is -0.486. The summed E-state index contributed by atoms with van der Waals surface area (Å²) in [5.41, 5.74) is 0.746. The van der Waals surface area contributed by atoms with Crippen LogP contribution in [0.4, 0.5) is 5.82 Å². The van der Waals surface area contributed by atoms with Gasteiger partial charge in [0.15, 0.2) is 0 Å². The van der Waals surface area contributed by atoms with Crippen molar-refractivity contribution in [2.24, 2.45) is 0 Å². The summed E-state index contributed by atoms with van der Waals surface area (Å²) >= 11 is 0. The Morgan fingerprint density at radius 2 is 2.11 bits per heavy atom. The smallest absolute Gasteiger partial charge is 0.275 e. The molecule has 0 unspecified atom stereocenters. The van der Waals surface area contributed by atoms with E-state index in [0.717, 1.165) is 0 Å². The molecule has 0 saturated carbocycles. The van der Waals surface area contributed by atoms with E-state index in [1.807, 2.05) is 12.1 Å². The van der Waals surface area contributed by atoms with Crippen molar-refractivity contribution >= 4 is 11.7 Å². The summed E-state index contributed by atoms with van der Waals surface area (Å²) in [5, 5.41) is 26.0. The molecule has 0 radical (unpaired) electrons. The molecule has 0 spiro atoms. The van der Waals surface area contributed by atoms with Crippen LogP contribution in [0.25, 0.3) is 0 Å². The first-order chi connectivity index (χ1) is 8.74. The van der Waals surface area contributed by atoms with Crippen LogP contribution < -0.4 is 5.32 Å². The molecule has 7 nitrogen and oxygen atoms in total. The van der Waals surface area contributed by atoms with Crippen molar-refractivity contribution in [1.29, 1.82) is 10.5 Å². The molecule has 0 aliphatic rings. The maximum absolute atomic E-state index is 11.8. The van der Waals surface area contributed by atoms with Crippen LogP contribution >= 0.6 is 0 Å². The molecular formula is C11H6N6O. The summed E-state index contributed by atoms with van der Waals surface area (Å²) in [7, 11) is 0. The highest BCUT2D eigenvalue weighted by Crippen LogP contribution is 2.10. The lowest BCUT2D eigenvalue weighted by Gasteiger charge is -2.01. The van der Waals surface area contributed by atoms with Crippen LogP contribution in [0.5, 0.6) is 0 Å². The van der Waals surface area contributed by atoms with Gasteiger partial charge in [0, 0.05) is 6.20 Å². The Kier molecular flexibility index (Phi) is 2.99. The molecule has 2 aromatic heterocycles. The lowest BCUT2D eigenvalue weighted by molar-refractivity contribution is 0.102. The second kappa shape index (κ2) is 4.76. The third-order valence-corrected chi connectivity index (χ3v) is 2.12. The zero-order chi connectivity index (χ0) is 13.0. The molecular weight excluding hydrogens is 232 g/mol. The lowest BCUT2D eigenvalue weighted by atomic mass is 10.2. The monoisotopic (exact) mass is 238 g/mol. The number of hydrogen-bond donors (Lipinski definition) is 2. The van der Waals surface area contributed by atoms with Gasteiger partial charge in [0.2, 0.25) is 0 Å². The van der Waals surface area contributed by atoms with E-state index in [2.05, 4.69) is 20.5 Å². The Hall–Kier alpha value is -3.19. The largest absolute Gasteiger partial charge is 0.304 e. The number of pyridine rings is 1. The fourth-order valence-electron chi connectivity index (χ4n) is 1.24. The highest BCUT2D eigenvalue weighted by molar-refractivity contribution is 6.02. The molecule has 0 fully saturated rings. The van der Waals surface area contributed by atoms with Crippen LogP contribution in [0.15, 0.2) is 24.5 Å². The third kappa shape index (κ3) is 2.15. The second-order valence-electron chi connectivity index (χ2n) is 3.27. The molecule has 0 bridgehead atoms. The van der Waals surface area contributed by atoms with Gasteiger partial charge in [0.25, 0.3) is 5.91 Å². The zero-order valence-electron chi connectivity index (χ0n) is 9.01. The minimum Gasteiger partial charge on any atom is -0.304 e. The van der Waals surface area contributed by atoms with Crippen molar-refractivity contribution in [1.82, 2.24) is 15.2 Å². The van der Waals surface area contributed by atoms with Crippen LogP contribution in [0, 0.1) is 22.7 Å². The van der Waals surface area contributed by atoms with Crippen molar-refractivity contribution in [3.8, 4) is 12.1 Å². The summed E-state index contributed by atoms with van der Waals surface area (Å²) in [4.78, 5) is 15.6. The first-order valence-electron chi connectivity index (χ1n) is 4.85. The van der Waals surface area contributed by atoms with Crippen molar-refractivity contribution in [3.05, 3.63) is 41.3 Å². The Labute approximate surface area is 102 Å². The maximum atomic E-state index is 11.8. The van der Waals surface area contributed by atoms with E-state index in [1.54, 1.807) is 0 Å². The van der Waals surface area contributed by atoms with Crippen molar-refractivity contribution in [3.63, 3.8) is 0 Å². The van der Waals surface area contributed by atoms with Crippen LogP contribution in [0.3, 0.4) is 0 Å². The average Bonchev–Trinajstić information content (AvgIpc) is 2.86. The molecule has 0 atom stereocenters. The van der Waals surface area contributed by atoms with Gasteiger partial charge in [-0.25, -0.2) is 4.98 Å². The van der Waals surface area contributed by atoms with E-state index >= 15 is 0 Å². The van der Waals surface area contributed by atoms with Gasteiger partial charge in [-0.2, -0.15) is 15.6 Å². The first-order valence-corrected chi connectivity index (χ1v) is 4.85. The van der Waals surface area contributed by atoms with E-state index in [0.29, 0.717) is 5.56 Å². The summed E-state index contributed by atoms with van der Waals surface area (Å²) in [5.74, 6) is -0.270. The van der Waals surface area contributed by atoms with Crippen molar-refractivity contribution in [2.75, 3.05) is 5.32 Å². The number of H-pyrrole nitrogens is 1. The predicted octanol–water partition coefficient (Wildman–Crippen LogP) is 0.800. The third-order valence-electron chi connectivity index (χ3n) is 2.12. The zero-order valence-corrected chi connectivity index (χ0v) is 9.01. The number of carbonyl (C=O) groups is 1. The number of aromatic nitrogens is 3. The molecule has 0 aromatic carbocycles. The summed E-state index contributed by atoms with van der Waals surface area (Å²) in [6.07, 6.45) is 2.61. The molecule has 2 aromatic rings. The number of anilines is 1. The molecule has 18 heavy (non-hydrogen) atoms. The molecule has 86 valence electrons. The Balaban J connectivity index is 2.18. The topological polar surface area (TPSA) is 118 Å². The van der Waals surface area contributed by atoms with Gasteiger partial charge in [-0.1, -0.05) is 0 Å². The molecule has 2 rings (SSSR count). The van der Waals surface area contributed by atoms with Crippen LogP contribution in [-0.2, 0) is 0 Å². The summed E-state index contributed by atoms with van der Waals surface area (Å²) < 4.78 is 0. The Morgan fingerprint density at radius 1 is 1.28 bits per heavy atom. The Morgan fingerprint density at radius 3 is 2.72 bits per heavy atom. The molecule has 0 aliphatic carbocycles. The van der Waals surface area contributed by atoms with E-state index in [-0.39, 0.29) is 17.1 Å². The van der Waals surface area contributed by atoms with Crippen molar-refractivity contribution < 1.29 is 4.79 Å². The number of carbonyl (C=O) groups excluding carboxylic acids is 1. The van der Waals surface area contributed by atoms with Gasteiger partial charge in [0.1, 0.15) is 29.2 Å². The number of nitriles is 2. The maximum Gasteiger partial charge on any atom is 0.275 e. The number of nitrogens with zero attached hydrogens (tertiary/aromatic N) is 4. The van der Waals surface area contributed by atoms with Gasteiger partial charge in [0.05, 0.1) is 11.8 Å². The molecule has 2 heterocycles. The highest BCUT2D eigenvalue weighted by Gasteiger charge is 2.11. The van der Waals surface area contributed by atoms with Crippen LogP contribution in [0.2, 0.25) is 0 Å². The van der Waals surface area contributed by atoms with Gasteiger partial charge < -0.3 is 5.32 Å². The van der Waals surface area contributed by atoms with Gasteiger partial charge >= 0.3 is 0 Å². The second-order valence-corrected chi connectivity index (χ2v) is 3.27. The number of aromatic amines is 1. The standard InChI is InChI=1S/C11H6N6O/c12-3-7-1-2-9(14-5-7)11(18)16-10-8(4-13)6-15-17-10/h1-2,5-6H,(H2,15,16,17,18). The van der Waals surface area contributed by atoms with E-state index in [9.17, 15) is 4.79 Å². The van der Waals surface area contributed by atoms with E-state index in [4.69, 9.17) is 10.5 Å². The van der Waals surface area contributed by atoms with Gasteiger partial charge in [-0.15, -0.1) is 0 Å². The molecule has 0 aliphatic heterocycles. The number of hydrogen-bond acceptors (Lipinski definition) is 5. The molecule has 7 heteroatoms. The van der Waals surface area contributed by atoms with Crippen LogP contribution in [-0.4, -0.2) is 21.1 Å². The lowest BCUT2D eigenvalue weighted by Crippen LogP contribution is -2.14. The number of nitrogens with one attached hydrogen (secondary N) is 2. The van der Waals surface area contributed by atoms with Crippen LogP contribution in [0.1, 0.15) is 21.6 Å². The quantitative estimate of drug-likeness (QED) is 0.802. The average molecular weight is 238 g/mol. The summed E-state index contributed by atoms with van der Waals surface area (Å²) in [6.45, 7) is 0. The Bertz CT molecular complexity index is 658. The normalized spacial score (nSPS) is 9.22. The molecule has 1 amide bonds. The SMILES string of the molecule is N#Cc1ccc(C(=O)Nc2[nH]ncc2C#N)nc1. The number of amides is 1. The molecule has 0 saturated heterocycles. The fraction of sp³-hybridized carbons (Fsp3) is 0. The predicted molar refractivity (Wildman–Crippen MR) is 60.2 cm³/mol. The first kappa shape index (κ1) is 11.3. The number of rotatable bonds is 2. The van der Waals surface area contributed by atoms with Gasteiger partial charge in [-0.05, 0) is 12.1 Å². The summed E-state index contributed by atoms with van der Waals surface area (Å²) in [6, 6.07) is 6.70. The molecule has 2 N–H and O–H groups in total. The fourth-order valence-corrected chi connectivity index (χ4v) is 1.24. The van der Waals surface area contributed by atoms with Crippen molar-refractivity contribution in [2.45, 2.75) is 0 Å².